The highest BCUT2D eigenvalue weighted by molar-refractivity contribution is 7.98. The molecule has 0 saturated carbocycles. The maximum Gasteiger partial charge on any atom is 0.275 e. The quantitative estimate of drug-likeness (QED) is 0.520. The molecule has 26 heavy (non-hydrogen) atoms. The maximum atomic E-state index is 13.4. The second-order valence-electron chi connectivity index (χ2n) is 5.99. The van der Waals surface area contributed by atoms with Crippen LogP contribution in [0.25, 0.3) is 22.5 Å². The first-order valence-electron chi connectivity index (χ1n) is 8.12. The van der Waals surface area contributed by atoms with Gasteiger partial charge < -0.3 is 4.74 Å². The predicted octanol–water partition coefficient (Wildman–Crippen LogP) is 2.66. The predicted molar refractivity (Wildman–Crippen MR) is 97.7 cm³/mol. The Hall–Kier alpha value is -2.45. The van der Waals surface area contributed by atoms with Gasteiger partial charge in [0.25, 0.3) is 5.56 Å². The van der Waals surface area contributed by atoms with Crippen molar-refractivity contribution in [1.82, 2.24) is 19.3 Å². The number of halogens is 1. The Balaban J connectivity index is 1.97. The van der Waals surface area contributed by atoms with Crippen LogP contribution in [0.2, 0.25) is 0 Å². The fourth-order valence-electron chi connectivity index (χ4n) is 3.26. The van der Waals surface area contributed by atoms with Crippen molar-refractivity contribution in [2.45, 2.75) is 24.3 Å². The van der Waals surface area contributed by atoms with Crippen molar-refractivity contribution in [3.05, 3.63) is 52.7 Å². The number of thioether (sulfide) groups is 1. The van der Waals surface area contributed by atoms with E-state index in [1.54, 1.807) is 36.2 Å². The van der Waals surface area contributed by atoms with Gasteiger partial charge in [-0.1, -0.05) is 23.9 Å². The Labute approximate surface area is 153 Å². The third-order valence-corrected chi connectivity index (χ3v) is 5.07. The van der Waals surface area contributed by atoms with Gasteiger partial charge in [-0.05, 0) is 30.0 Å². The zero-order chi connectivity index (χ0) is 18.3. The molecule has 0 amide bonds. The number of hydrogen-bond acceptors (Lipinski definition) is 5. The summed E-state index contributed by atoms with van der Waals surface area (Å²) in [6, 6.07) is 7.75. The van der Waals surface area contributed by atoms with Crippen LogP contribution in [0.1, 0.15) is 0 Å². The second-order valence-corrected chi connectivity index (χ2v) is 6.76. The van der Waals surface area contributed by atoms with Gasteiger partial charge in [0.05, 0.1) is 36.1 Å². The van der Waals surface area contributed by atoms with E-state index in [2.05, 4.69) is 9.97 Å². The lowest BCUT2D eigenvalue weighted by molar-refractivity contribution is 0.0994. The van der Waals surface area contributed by atoms with Crippen molar-refractivity contribution in [2.75, 3.05) is 13.4 Å². The van der Waals surface area contributed by atoms with E-state index < -0.39 is 0 Å². The van der Waals surface area contributed by atoms with Gasteiger partial charge in [0.2, 0.25) is 0 Å². The first-order chi connectivity index (χ1) is 12.6. The van der Waals surface area contributed by atoms with E-state index in [4.69, 9.17) is 4.74 Å². The lowest BCUT2D eigenvalue weighted by atomic mass is 10.0. The lowest BCUT2D eigenvalue weighted by Gasteiger charge is -2.10. The highest BCUT2D eigenvalue weighted by Gasteiger charge is 2.30. The molecule has 0 N–H and O–H groups in total. The standard InChI is InChI=1S/C18H17FN4O2S/c1-25-13-9-22-16(14-7-8-20-18(21-14)26-2)15(17(24)23(22)10-13)11-3-5-12(19)6-4-11/h3-8,13H,9-10H2,1-2H3/t13-/m0/s1. The number of hydrogen-bond donors (Lipinski definition) is 0. The van der Waals surface area contributed by atoms with Crippen LogP contribution in [0.15, 0.2) is 46.5 Å². The summed E-state index contributed by atoms with van der Waals surface area (Å²) in [6.07, 6.45) is 3.52. The molecule has 3 aromatic rings. The SMILES string of the molecule is CO[C@H]1Cn2c(-c3ccnc(SC)n3)c(-c3ccc(F)cc3)c(=O)n2C1. The van der Waals surface area contributed by atoms with E-state index >= 15 is 0 Å². The van der Waals surface area contributed by atoms with Crippen LogP contribution < -0.4 is 5.56 Å². The third-order valence-electron chi connectivity index (χ3n) is 4.51. The minimum Gasteiger partial charge on any atom is -0.378 e. The summed E-state index contributed by atoms with van der Waals surface area (Å²) in [7, 11) is 1.64. The molecule has 1 aliphatic rings. The Morgan fingerprint density at radius 2 is 1.92 bits per heavy atom. The molecular weight excluding hydrogens is 355 g/mol. The zero-order valence-corrected chi connectivity index (χ0v) is 15.2. The van der Waals surface area contributed by atoms with Crippen molar-refractivity contribution in [3.63, 3.8) is 0 Å². The van der Waals surface area contributed by atoms with Crippen LogP contribution in [-0.2, 0) is 17.8 Å². The number of ether oxygens (including phenoxy) is 1. The van der Waals surface area contributed by atoms with Gasteiger partial charge in [0.15, 0.2) is 5.16 Å². The van der Waals surface area contributed by atoms with Crippen molar-refractivity contribution < 1.29 is 9.13 Å². The van der Waals surface area contributed by atoms with Crippen LogP contribution in [0.3, 0.4) is 0 Å². The molecule has 2 aromatic heterocycles. The molecule has 1 atom stereocenters. The number of benzene rings is 1. The van der Waals surface area contributed by atoms with Crippen molar-refractivity contribution in [1.29, 1.82) is 0 Å². The molecule has 6 nitrogen and oxygen atoms in total. The molecule has 0 fully saturated rings. The number of fused-ring (bicyclic) bond motifs is 1. The monoisotopic (exact) mass is 372 g/mol. The van der Waals surface area contributed by atoms with Gasteiger partial charge in [-0.15, -0.1) is 0 Å². The second kappa shape index (κ2) is 6.69. The molecule has 4 rings (SSSR count). The smallest absolute Gasteiger partial charge is 0.275 e. The van der Waals surface area contributed by atoms with E-state index in [9.17, 15) is 9.18 Å². The number of aromatic nitrogens is 4. The largest absolute Gasteiger partial charge is 0.378 e. The van der Waals surface area contributed by atoms with Gasteiger partial charge in [-0.3, -0.25) is 9.48 Å². The number of methoxy groups -OCH3 is 1. The summed E-state index contributed by atoms with van der Waals surface area (Å²) in [4.78, 5) is 21.9. The van der Waals surface area contributed by atoms with Gasteiger partial charge >= 0.3 is 0 Å². The first-order valence-corrected chi connectivity index (χ1v) is 9.34. The van der Waals surface area contributed by atoms with Crippen molar-refractivity contribution >= 4 is 11.8 Å². The van der Waals surface area contributed by atoms with Crippen LogP contribution in [0.5, 0.6) is 0 Å². The average Bonchev–Trinajstić information content (AvgIpc) is 3.20. The molecule has 8 heteroatoms. The minimum atomic E-state index is -0.340. The molecular formula is C18H17FN4O2S. The lowest BCUT2D eigenvalue weighted by Crippen LogP contribution is -2.20. The molecule has 0 unspecified atom stereocenters. The molecule has 0 saturated heterocycles. The van der Waals surface area contributed by atoms with Crippen molar-refractivity contribution in [2.24, 2.45) is 0 Å². The molecule has 3 heterocycles. The van der Waals surface area contributed by atoms with E-state index in [0.717, 1.165) is 0 Å². The molecule has 1 aliphatic heterocycles. The minimum absolute atomic E-state index is 0.0643. The summed E-state index contributed by atoms with van der Waals surface area (Å²) >= 11 is 1.44. The Morgan fingerprint density at radius 1 is 1.19 bits per heavy atom. The highest BCUT2D eigenvalue weighted by Crippen LogP contribution is 2.32. The summed E-state index contributed by atoms with van der Waals surface area (Å²) in [6.45, 7) is 1.03. The topological polar surface area (TPSA) is 61.9 Å². The molecule has 1 aromatic carbocycles. The normalized spacial score (nSPS) is 16.0. The average molecular weight is 372 g/mol. The number of nitrogens with zero attached hydrogens (tertiary/aromatic N) is 4. The summed E-state index contributed by atoms with van der Waals surface area (Å²) < 4.78 is 22.4. The highest BCUT2D eigenvalue weighted by atomic mass is 32.2. The van der Waals surface area contributed by atoms with Gasteiger partial charge in [0.1, 0.15) is 5.82 Å². The van der Waals surface area contributed by atoms with E-state index in [-0.39, 0.29) is 17.5 Å². The van der Waals surface area contributed by atoms with Crippen LogP contribution in [0, 0.1) is 5.82 Å². The molecule has 0 aliphatic carbocycles. The van der Waals surface area contributed by atoms with Gasteiger partial charge in [0, 0.05) is 13.3 Å². The van der Waals surface area contributed by atoms with Gasteiger partial charge in [-0.2, -0.15) is 0 Å². The van der Waals surface area contributed by atoms with Crippen LogP contribution in [0.4, 0.5) is 4.39 Å². The summed E-state index contributed by atoms with van der Waals surface area (Å²) in [5, 5.41) is 0.627. The Morgan fingerprint density at radius 3 is 2.62 bits per heavy atom. The maximum absolute atomic E-state index is 13.4. The van der Waals surface area contributed by atoms with Gasteiger partial charge in [-0.25, -0.2) is 19.0 Å². The van der Waals surface area contributed by atoms with E-state index in [1.165, 1.54) is 23.9 Å². The third kappa shape index (κ3) is 2.75. The first kappa shape index (κ1) is 17.0. The summed E-state index contributed by atoms with van der Waals surface area (Å²) in [5.74, 6) is -0.340. The molecule has 0 spiro atoms. The van der Waals surface area contributed by atoms with Crippen molar-refractivity contribution in [3.8, 4) is 22.5 Å². The molecule has 134 valence electrons. The fraction of sp³-hybridized carbons (Fsp3) is 0.278. The Bertz CT molecular complexity index is 1010. The Kier molecular flexibility index (Phi) is 4.37. The van der Waals surface area contributed by atoms with Crippen LogP contribution >= 0.6 is 11.8 Å². The number of rotatable bonds is 4. The molecule has 0 radical (unpaired) electrons. The van der Waals surface area contributed by atoms with Crippen LogP contribution in [-0.4, -0.2) is 38.8 Å². The summed E-state index contributed by atoms with van der Waals surface area (Å²) in [5.41, 5.74) is 2.43. The molecule has 0 bridgehead atoms. The fourth-order valence-corrected chi connectivity index (χ4v) is 3.62. The van der Waals surface area contributed by atoms with E-state index in [1.807, 2.05) is 10.9 Å². The van der Waals surface area contributed by atoms with E-state index in [0.29, 0.717) is 40.8 Å². The zero-order valence-electron chi connectivity index (χ0n) is 14.3.